The third-order valence-electron chi connectivity index (χ3n) is 5.62. The molecule has 0 aromatic heterocycles. The predicted octanol–water partition coefficient (Wildman–Crippen LogP) is 3.25. The minimum absolute atomic E-state index is 0.889. The lowest BCUT2D eigenvalue weighted by Gasteiger charge is -2.24. The van der Waals surface area contributed by atoms with Crippen LogP contribution in [-0.2, 0) is 4.12 Å². The van der Waals surface area contributed by atoms with Crippen LogP contribution < -0.4 is 30.2 Å². The Morgan fingerprint density at radius 3 is 1.24 bits per heavy atom. The Balaban J connectivity index is 1.83. The molecule has 4 aromatic carbocycles. The summed E-state index contributed by atoms with van der Waals surface area (Å²) in [7, 11) is 0.352. The molecular formula is C28H28O3Si2. The van der Waals surface area contributed by atoms with E-state index in [-0.39, 0.29) is 0 Å². The molecule has 0 aliphatic heterocycles. The van der Waals surface area contributed by atoms with Crippen LogP contribution in [0.2, 0.25) is 0 Å². The standard InChI is InChI=1S/C28H28O3Si2/c1-21-15-17-25(19-27(21)29-3)32(23-11-7-5-8-12-23)31-33(24-13-9-6-10-14-24)26-18-16-22(2)28(20-26)30-4/h5-20H,1-4H3. The lowest BCUT2D eigenvalue weighted by molar-refractivity contribution is 0.412. The highest BCUT2D eigenvalue weighted by atomic mass is 28.4. The largest absolute Gasteiger partial charge is 0.496 e. The molecule has 0 aliphatic carbocycles. The summed E-state index contributed by atoms with van der Waals surface area (Å²) in [5.41, 5.74) is 2.24. The Morgan fingerprint density at radius 2 is 0.879 bits per heavy atom. The number of hydrogen-bond donors (Lipinski definition) is 0. The summed E-state index contributed by atoms with van der Waals surface area (Å²) in [6, 6.07) is 34.0. The van der Waals surface area contributed by atoms with Crippen molar-refractivity contribution in [3.63, 3.8) is 0 Å². The van der Waals surface area contributed by atoms with Crippen LogP contribution in [0.4, 0.5) is 0 Å². The molecule has 4 aromatic rings. The van der Waals surface area contributed by atoms with Crippen molar-refractivity contribution in [1.82, 2.24) is 0 Å². The summed E-state index contributed by atoms with van der Waals surface area (Å²) >= 11 is 0. The van der Waals surface area contributed by atoms with Crippen molar-refractivity contribution in [3.05, 3.63) is 108 Å². The van der Waals surface area contributed by atoms with Gasteiger partial charge in [0.25, 0.3) is 18.1 Å². The molecule has 3 nitrogen and oxygen atoms in total. The maximum atomic E-state index is 7.17. The molecule has 166 valence electrons. The van der Waals surface area contributed by atoms with Crippen molar-refractivity contribution < 1.29 is 13.6 Å². The first-order chi connectivity index (χ1) is 16.1. The first-order valence-electron chi connectivity index (χ1n) is 10.9. The second kappa shape index (κ2) is 10.7. The highest BCUT2D eigenvalue weighted by Gasteiger charge is 2.29. The van der Waals surface area contributed by atoms with E-state index >= 15 is 0 Å². The van der Waals surface area contributed by atoms with Gasteiger partial charge in [-0.1, -0.05) is 84.9 Å². The lowest BCUT2D eigenvalue weighted by atomic mass is 10.2. The molecule has 0 N–H and O–H groups in total. The topological polar surface area (TPSA) is 27.7 Å². The van der Waals surface area contributed by atoms with Crippen LogP contribution in [-0.4, -0.2) is 32.3 Å². The predicted molar refractivity (Wildman–Crippen MR) is 139 cm³/mol. The molecule has 0 heterocycles. The molecule has 0 fully saturated rings. The van der Waals surface area contributed by atoms with Crippen molar-refractivity contribution in [3.8, 4) is 11.5 Å². The highest BCUT2D eigenvalue weighted by Crippen LogP contribution is 2.17. The quantitative estimate of drug-likeness (QED) is 0.372. The van der Waals surface area contributed by atoms with Crippen LogP contribution in [0, 0.1) is 13.8 Å². The third kappa shape index (κ3) is 5.27. The fourth-order valence-corrected chi connectivity index (χ4v) is 9.13. The fraction of sp³-hybridized carbons (Fsp3) is 0.143. The fourth-order valence-electron chi connectivity index (χ4n) is 3.77. The van der Waals surface area contributed by atoms with Gasteiger partial charge in [-0.15, -0.1) is 0 Å². The minimum Gasteiger partial charge on any atom is -0.496 e. The molecule has 2 radical (unpaired) electrons. The number of hydrogen-bond acceptors (Lipinski definition) is 3. The van der Waals surface area contributed by atoms with Gasteiger partial charge in [-0.25, -0.2) is 0 Å². The summed E-state index contributed by atoms with van der Waals surface area (Å²) < 4.78 is 18.4. The van der Waals surface area contributed by atoms with Crippen LogP contribution in [0.15, 0.2) is 97.1 Å². The van der Waals surface area contributed by atoms with E-state index in [1.807, 2.05) is 12.1 Å². The van der Waals surface area contributed by atoms with Gasteiger partial charge in [-0.2, -0.15) is 0 Å². The van der Waals surface area contributed by atoms with Gasteiger partial charge in [0.2, 0.25) is 0 Å². The van der Waals surface area contributed by atoms with Crippen LogP contribution in [0.1, 0.15) is 11.1 Å². The number of benzene rings is 4. The molecule has 0 amide bonds. The first-order valence-corrected chi connectivity index (χ1v) is 13.7. The Bertz CT molecular complexity index is 1100. The molecule has 0 unspecified atom stereocenters. The zero-order valence-corrected chi connectivity index (χ0v) is 21.5. The molecule has 33 heavy (non-hydrogen) atoms. The lowest BCUT2D eigenvalue weighted by Crippen LogP contribution is -2.56. The van der Waals surface area contributed by atoms with E-state index in [1.54, 1.807) is 14.2 Å². The minimum atomic E-state index is -1.55. The van der Waals surface area contributed by atoms with Crippen molar-refractivity contribution >= 4 is 38.8 Å². The number of aryl methyl sites for hydroxylation is 2. The zero-order valence-electron chi connectivity index (χ0n) is 19.5. The summed E-state index contributed by atoms with van der Waals surface area (Å²) in [5.74, 6) is 1.78. The Hall–Kier alpha value is -3.13. The SMILES string of the molecule is COc1cc([Si](O[Si](c2ccccc2)c2ccc(C)c(OC)c2)c2ccccc2)ccc1C. The van der Waals surface area contributed by atoms with Gasteiger partial charge in [-0.05, 0) is 57.9 Å². The maximum absolute atomic E-state index is 7.17. The number of rotatable bonds is 8. The Morgan fingerprint density at radius 1 is 0.485 bits per heavy atom. The molecule has 0 atom stereocenters. The van der Waals surface area contributed by atoms with Crippen molar-refractivity contribution in [2.24, 2.45) is 0 Å². The Labute approximate surface area is 200 Å². The molecule has 0 aliphatic rings. The average Bonchev–Trinajstić information content (AvgIpc) is 2.87. The van der Waals surface area contributed by atoms with Gasteiger partial charge in [-0.3, -0.25) is 0 Å². The monoisotopic (exact) mass is 468 g/mol. The summed E-state index contributed by atoms with van der Waals surface area (Å²) in [4.78, 5) is 0. The van der Waals surface area contributed by atoms with E-state index in [1.165, 1.54) is 20.7 Å². The van der Waals surface area contributed by atoms with Crippen LogP contribution in [0.3, 0.4) is 0 Å². The highest BCUT2D eigenvalue weighted by molar-refractivity contribution is 6.91. The molecule has 4 rings (SSSR count). The molecule has 5 heteroatoms. The van der Waals surface area contributed by atoms with Crippen LogP contribution in [0.25, 0.3) is 0 Å². The molecule has 0 bridgehead atoms. The van der Waals surface area contributed by atoms with E-state index < -0.39 is 18.1 Å². The van der Waals surface area contributed by atoms with Gasteiger partial charge < -0.3 is 13.6 Å². The molecule has 0 saturated carbocycles. The van der Waals surface area contributed by atoms with Gasteiger partial charge in [0.15, 0.2) is 0 Å². The second-order valence-corrected chi connectivity index (χ2v) is 12.3. The van der Waals surface area contributed by atoms with Crippen LogP contribution >= 0.6 is 0 Å². The molecule has 0 saturated heterocycles. The zero-order chi connectivity index (χ0) is 23.2. The van der Waals surface area contributed by atoms with Crippen molar-refractivity contribution in [1.29, 1.82) is 0 Å². The average molecular weight is 469 g/mol. The van der Waals surface area contributed by atoms with Gasteiger partial charge in [0.1, 0.15) is 11.5 Å². The van der Waals surface area contributed by atoms with E-state index in [0.29, 0.717) is 0 Å². The second-order valence-electron chi connectivity index (χ2n) is 7.86. The summed E-state index contributed by atoms with van der Waals surface area (Å²) in [6.45, 7) is 4.13. The number of methoxy groups -OCH3 is 2. The van der Waals surface area contributed by atoms with E-state index in [2.05, 4.69) is 98.8 Å². The van der Waals surface area contributed by atoms with Crippen molar-refractivity contribution in [2.75, 3.05) is 14.2 Å². The van der Waals surface area contributed by atoms with E-state index in [0.717, 1.165) is 22.6 Å². The number of ether oxygens (including phenoxy) is 2. The summed E-state index contributed by atoms with van der Waals surface area (Å²) in [6.07, 6.45) is 0. The molecule has 0 spiro atoms. The first kappa shape index (κ1) is 23.0. The summed E-state index contributed by atoms with van der Waals surface area (Å²) in [5, 5.41) is 4.77. The third-order valence-corrected chi connectivity index (χ3v) is 10.6. The van der Waals surface area contributed by atoms with E-state index in [4.69, 9.17) is 13.6 Å². The van der Waals surface area contributed by atoms with Gasteiger partial charge >= 0.3 is 0 Å². The van der Waals surface area contributed by atoms with Crippen molar-refractivity contribution in [2.45, 2.75) is 13.8 Å². The maximum Gasteiger partial charge on any atom is 0.272 e. The molecular weight excluding hydrogens is 440 g/mol. The van der Waals surface area contributed by atoms with E-state index in [9.17, 15) is 0 Å². The Kier molecular flexibility index (Phi) is 7.44. The van der Waals surface area contributed by atoms with Gasteiger partial charge in [0, 0.05) is 0 Å². The van der Waals surface area contributed by atoms with Gasteiger partial charge in [0.05, 0.1) is 14.2 Å². The normalized spacial score (nSPS) is 11.1. The van der Waals surface area contributed by atoms with Crippen LogP contribution in [0.5, 0.6) is 11.5 Å². The smallest absolute Gasteiger partial charge is 0.272 e.